The molecule has 1 heterocycles. The van der Waals surface area contributed by atoms with Crippen LogP contribution in [0.2, 0.25) is 0 Å². The number of carbonyl (C=O) groups excluding carboxylic acids is 1. The Bertz CT molecular complexity index is 662. The van der Waals surface area contributed by atoms with Gasteiger partial charge in [-0.25, -0.2) is 4.99 Å². The van der Waals surface area contributed by atoms with E-state index in [4.69, 9.17) is 4.55 Å². The third-order valence-electron chi connectivity index (χ3n) is 5.16. The molecule has 0 aliphatic carbocycles. The molecular formula is C20H37N2O6S+. The largest absolute Gasteiger partial charge is 0.390 e. The Morgan fingerprint density at radius 2 is 1.90 bits per heavy atom. The van der Waals surface area contributed by atoms with Gasteiger partial charge in [0.25, 0.3) is 16.0 Å². The number of carbonyl (C=O) groups is 1. The fourth-order valence-corrected chi connectivity index (χ4v) is 4.35. The van der Waals surface area contributed by atoms with Gasteiger partial charge in [0.1, 0.15) is 31.5 Å². The third-order valence-corrected chi connectivity index (χ3v) is 5.96. The van der Waals surface area contributed by atoms with Gasteiger partial charge < -0.3 is 10.2 Å². The lowest BCUT2D eigenvalue weighted by Crippen LogP contribution is -2.59. The Kier molecular flexibility index (Phi) is 11.8. The van der Waals surface area contributed by atoms with Crippen LogP contribution in [0.3, 0.4) is 0 Å². The second-order valence-corrected chi connectivity index (χ2v) is 9.24. The highest BCUT2D eigenvalue weighted by Gasteiger charge is 2.43. The number of aliphatic imine (C=N–C) groups is 1. The second-order valence-electron chi connectivity index (χ2n) is 7.74. The molecule has 0 saturated carbocycles. The lowest BCUT2D eigenvalue weighted by atomic mass is 10.1. The highest BCUT2D eigenvalue weighted by atomic mass is 32.2. The number of ketones is 1. The Morgan fingerprint density at radius 3 is 2.55 bits per heavy atom. The van der Waals surface area contributed by atoms with Crippen LogP contribution in [0, 0.1) is 0 Å². The Hall–Kier alpha value is -1.13. The number of hydrogen-bond donors (Lipinski definition) is 3. The lowest BCUT2D eigenvalue weighted by molar-refractivity contribution is -0.837. The van der Waals surface area contributed by atoms with E-state index < -0.39 is 22.0 Å². The van der Waals surface area contributed by atoms with Crippen molar-refractivity contribution >= 4 is 21.7 Å². The van der Waals surface area contributed by atoms with E-state index in [-0.39, 0.29) is 42.2 Å². The molecule has 0 amide bonds. The number of Topliss-reactive ketones (excluding diaryl/α,β-unsaturated/α-hetero) is 1. The molecule has 2 atom stereocenters. The van der Waals surface area contributed by atoms with Gasteiger partial charge in [-0.15, -0.1) is 0 Å². The van der Waals surface area contributed by atoms with Gasteiger partial charge in [-0.1, -0.05) is 44.8 Å². The topological polar surface area (TPSA) is 124 Å². The molecule has 1 aliphatic heterocycles. The average molecular weight is 434 g/mol. The number of allylic oxidation sites excluding steroid dienone is 2. The number of aliphatic hydroxyl groups is 2. The minimum absolute atomic E-state index is 0.0484. The van der Waals surface area contributed by atoms with E-state index in [9.17, 15) is 23.4 Å². The first-order valence-corrected chi connectivity index (χ1v) is 12.2. The summed E-state index contributed by atoms with van der Waals surface area (Å²) in [5, 5.41) is 19.5. The normalized spacial score (nSPS) is 20.9. The molecule has 1 aliphatic rings. The zero-order chi connectivity index (χ0) is 21.8. The summed E-state index contributed by atoms with van der Waals surface area (Å²) in [7, 11) is -4.33. The first kappa shape index (κ1) is 25.9. The molecule has 0 spiro atoms. The fourth-order valence-electron chi connectivity index (χ4n) is 3.76. The van der Waals surface area contributed by atoms with Crippen LogP contribution in [0.1, 0.15) is 58.3 Å². The molecule has 0 aromatic heterocycles. The molecule has 0 bridgehead atoms. The minimum atomic E-state index is -4.33. The van der Waals surface area contributed by atoms with Crippen LogP contribution >= 0.6 is 0 Å². The summed E-state index contributed by atoms with van der Waals surface area (Å²) in [5.41, 5.74) is 0. The second kappa shape index (κ2) is 13.2. The van der Waals surface area contributed by atoms with Crippen molar-refractivity contribution in [2.24, 2.45) is 4.99 Å². The molecule has 3 N–H and O–H groups in total. The molecule has 0 fully saturated rings. The van der Waals surface area contributed by atoms with Gasteiger partial charge in [0.15, 0.2) is 0 Å². The Labute approximate surface area is 174 Å². The van der Waals surface area contributed by atoms with Crippen LogP contribution in [-0.2, 0) is 14.9 Å². The average Bonchev–Trinajstić information content (AvgIpc) is 3.01. The van der Waals surface area contributed by atoms with Gasteiger partial charge >= 0.3 is 0 Å². The van der Waals surface area contributed by atoms with Crippen LogP contribution in [0.5, 0.6) is 0 Å². The van der Waals surface area contributed by atoms with Crippen LogP contribution in [0.25, 0.3) is 0 Å². The standard InChI is InChI=1S/C20H36N2O6S/c1-2-3-4-5-6-7-8-9-10-11-19(25)20-21-12-13-22(20,14-15-23)16-18(24)17-29(26,27)28/h8-9,18,23-24H,2-7,10-17H2,1H3/p+1/b9-8+. The molecular weight excluding hydrogens is 396 g/mol. The summed E-state index contributed by atoms with van der Waals surface area (Å²) in [4.78, 5) is 17.0. The number of quaternary nitrogens is 1. The van der Waals surface area contributed by atoms with Crippen molar-refractivity contribution in [2.75, 3.05) is 38.5 Å². The highest BCUT2D eigenvalue weighted by molar-refractivity contribution is 7.85. The zero-order valence-corrected chi connectivity index (χ0v) is 18.3. The summed E-state index contributed by atoms with van der Waals surface area (Å²) in [6, 6.07) is 0. The van der Waals surface area contributed by atoms with Crippen molar-refractivity contribution in [3.8, 4) is 0 Å². The first-order valence-electron chi connectivity index (χ1n) is 10.6. The van der Waals surface area contributed by atoms with Crippen LogP contribution < -0.4 is 0 Å². The monoisotopic (exact) mass is 433 g/mol. The van der Waals surface area contributed by atoms with Gasteiger partial charge in [0, 0.05) is 6.42 Å². The number of rotatable bonds is 16. The molecule has 9 heteroatoms. The van der Waals surface area contributed by atoms with Crippen molar-refractivity contribution in [1.29, 1.82) is 0 Å². The van der Waals surface area contributed by atoms with E-state index in [0.717, 1.165) is 12.8 Å². The molecule has 29 heavy (non-hydrogen) atoms. The molecule has 0 saturated heterocycles. The van der Waals surface area contributed by atoms with Crippen molar-refractivity contribution in [3.63, 3.8) is 0 Å². The molecule has 0 aromatic carbocycles. The molecule has 0 aromatic rings. The molecule has 168 valence electrons. The van der Waals surface area contributed by atoms with Gasteiger partial charge in [-0.05, 0) is 19.3 Å². The van der Waals surface area contributed by atoms with Crippen molar-refractivity contribution in [3.05, 3.63) is 12.2 Å². The van der Waals surface area contributed by atoms with Gasteiger partial charge in [0.2, 0.25) is 5.78 Å². The molecule has 8 nitrogen and oxygen atoms in total. The minimum Gasteiger partial charge on any atom is -0.390 e. The van der Waals surface area contributed by atoms with Crippen LogP contribution in [-0.4, -0.2) is 83.9 Å². The maximum atomic E-state index is 12.7. The summed E-state index contributed by atoms with van der Waals surface area (Å²) in [6.07, 6.45) is 10.8. The Balaban J connectivity index is 2.56. The third kappa shape index (κ3) is 9.95. The lowest BCUT2D eigenvalue weighted by Gasteiger charge is -2.34. The highest BCUT2D eigenvalue weighted by Crippen LogP contribution is 2.19. The van der Waals surface area contributed by atoms with Crippen molar-refractivity contribution in [2.45, 2.75) is 64.4 Å². The van der Waals surface area contributed by atoms with E-state index >= 15 is 0 Å². The van der Waals surface area contributed by atoms with Gasteiger partial charge in [-0.3, -0.25) is 13.8 Å². The van der Waals surface area contributed by atoms with Gasteiger partial charge in [0.05, 0.1) is 13.2 Å². The SMILES string of the molecule is CCCCCCC/C=C/CCC(=O)C1=NCC[N+]1(CCO)CC(O)CS(=O)(=O)O. The summed E-state index contributed by atoms with van der Waals surface area (Å²) in [5.74, 6) is -0.676. The molecule has 2 unspecified atom stereocenters. The predicted molar refractivity (Wildman–Crippen MR) is 113 cm³/mol. The summed E-state index contributed by atoms with van der Waals surface area (Å²) < 4.78 is 31.0. The predicted octanol–water partition coefficient (Wildman–Crippen LogP) is 1.72. The Morgan fingerprint density at radius 1 is 1.21 bits per heavy atom. The van der Waals surface area contributed by atoms with E-state index in [2.05, 4.69) is 18.0 Å². The van der Waals surface area contributed by atoms with Crippen LogP contribution in [0.15, 0.2) is 17.1 Å². The van der Waals surface area contributed by atoms with E-state index in [1.54, 1.807) is 0 Å². The summed E-state index contributed by atoms with van der Waals surface area (Å²) in [6.45, 7) is 2.85. The molecule has 0 radical (unpaired) electrons. The number of unbranched alkanes of at least 4 members (excludes halogenated alkanes) is 5. The first-order chi connectivity index (χ1) is 13.7. The fraction of sp³-hybridized carbons (Fsp3) is 0.800. The number of nitrogens with zero attached hydrogens (tertiary/aromatic N) is 2. The number of aliphatic hydroxyl groups excluding tert-OH is 2. The zero-order valence-electron chi connectivity index (χ0n) is 17.5. The summed E-state index contributed by atoms with van der Waals surface area (Å²) >= 11 is 0. The maximum Gasteiger partial charge on any atom is 0.267 e. The quantitative estimate of drug-likeness (QED) is 0.147. The number of amidine groups is 1. The number of hydrogen-bond acceptors (Lipinski definition) is 6. The van der Waals surface area contributed by atoms with Gasteiger partial charge in [-0.2, -0.15) is 8.42 Å². The van der Waals surface area contributed by atoms with Crippen molar-refractivity contribution in [1.82, 2.24) is 0 Å². The van der Waals surface area contributed by atoms with E-state index in [1.807, 2.05) is 6.08 Å². The van der Waals surface area contributed by atoms with Crippen LogP contribution in [0.4, 0.5) is 0 Å². The maximum absolute atomic E-state index is 12.7. The van der Waals surface area contributed by atoms with Crippen molar-refractivity contribution < 1.29 is 32.5 Å². The smallest absolute Gasteiger partial charge is 0.267 e. The molecule has 1 rings (SSSR count). The van der Waals surface area contributed by atoms with E-state index in [1.165, 1.54) is 25.7 Å². The van der Waals surface area contributed by atoms with E-state index in [0.29, 0.717) is 19.5 Å².